The van der Waals surface area contributed by atoms with E-state index < -0.39 is 0 Å². The Morgan fingerprint density at radius 1 is 1.27 bits per heavy atom. The van der Waals surface area contributed by atoms with Gasteiger partial charge in [-0.25, -0.2) is 0 Å². The van der Waals surface area contributed by atoms with E-state index in [2.05, 4.69) is 5.16 Å². The molecular formula is C8H10NNaO. The molecule has 2 nitrogen and oxygen atoms in total. The Hall–Kier alpha value is -0.310. The van der Waals surface area contributed by atoms with E-state index in [-0.39, 0.29) is 29.6 Å². The predicted molar refractivity (Wildman–Crippen MR) is 47.6 cm³/mol. The van der Waals surface area contributed by atoms with Crippen LogP contribution in [-0.2, 0) is 0 Å². The second-order valence-corrected chi connectivity index (χ2v) is 2.05. The van der Waals surface area contributed by atoms with Gasteiger partial charge in [0.25, 0.3) is 0 Å². The molecule has 0 saturated heterocycles. The summed E-state index contributed by atoms with van der Waals surface area (Å²) in [6.07, 6.45) is 0. The molecule has 0 saturated carbocycles. The van der Waals surface area contributed by atoms with Crippen molar-refractivity contribution >= 4 is 35.3 Å². The van der Waals surface area contributed by atoms with Gasteiger partial charge in [0, 0.05) is 0 Å². The van der Waals surface area contributed by atoms with E-state index in [9.17, 15) is 0 Å². The standard InChI is InChI=1S/C8H9NO.Na.H/c1-7(9-10)8-5-3-2-4-6-8;;/h2-6,10H,1H3;;. The number of oxime groups is 1. The van der Waals surface area contributed by atoms with Gasteiger partial charge in [0.2, 0.25) is 0 Å². The summed E-state index contributed by atoms with van der Waals surface area (Å²) in [6.45, 7) is 1.76. The summed E-state index contributed by atoms with van der Waals surface area (Å²) in [5.74, 6) is 0. The van der Waals surface area contributed by atoms with Crippen molar-refractivity contribution in [1.29, 1.82) is 0 Å². The van der Waals surface area contributed by atoms with E-state index in [1.54, 1.807) is 6.92 Å². The summed E-state index contributed by atoms with van der Waals surface area (Å²) in [7, 11) is 0. The molecule has 1 aromatic carbocycles. The van der Waals surface area contributed by atoms with Crippen LogP contribution in [0.2, 0.25) is 0 Å². The first-order valence-electron chi connectivity index (χ1n) is 3.08. The fourth-order valence-electron chi connectivity index (χ4n) is 0.737. The van der Waals surface area contributed by atoms with Gasteiger partial charge in [-0.05, 0) is 12.5 Å². The third-order valence-corrected chi connectivity index (χ3v) is 1.34. The Balaban J connectivity index is 0.000001000. The third kappa shape index (κ3) is 3.06. The molecule has 3 heteroatoms. The Bertz CT molecular complexity index is 233. The topological polar surface area (TPSA) is 32.6 Å². The second kappa shape index (κ2) is 5.35. The van der Waals surface area contributed by atoms with Crippen LogP contribution in [0, 0.1) is 0 Å². The minimum absolute atomic E-state index is 0. The second-order valence-electron chi connectivity index (χ2n) is 2.05. The Morgan fingerprint density at radius 3 is 2.27 bits per heavy atom. The van der Waals surface area contributed by atoms with Crippen LogP contribution in [0.1, 0.15) is 12.5 Å². The molecule has 0 aliphatic heterocycles. The molecule has 0 aliphatic carbocycles. The van der Waals surface area contributed by atoms with Crippen molar-refractivity contribution in [1.82, 2.24) is 0 Å². The van der Waals surface area contributed by atoms with Crippen molar-refractivity contribution in [3.05, 3.63) is 35.9 Å². The average Bonchev–Trinajstić information content (AvgIpc) is 2.05. The van der Waals surface area contributed by atoms with Crippen LogP contribution in [0.4, 0.5) is 0 Å². The zero-order valence-corrected chi connectivity index (χ0v) is 5.78. The predicted octanol–water partition coefficient (Wildman–Crippen LogP) is 1.24. The maximum absolute atomic E-state index is 8.38. The van der Waals surface area contributed by atoms with E-state index >= 15 is 0 Å². The minimum atomic E-state index is 0. The van der Waals surface area contributed by atoms with E-state index in [1.165, 1.54) is 0 Å². The van der Waals surface area contributed by atoms with Crippen LogP contribution in [0.3, 0.4) is 0 Å². The summed E-state index contributed by atoms with van der Waals surface area (Å²) in [5, 5.41) is 11.5. The summed E-state index contributed by atoms with van der Waals surface area (Å²) < 4.78 is 0. The van der Waals surface area contributed by atoms with Crippen LogP contribution < -0.4 is 0 Å². The van der Waals surface area contributed by atoms with Crippen molar-refractivity contribution in [3.63, 3.8) is 0 Å². The molecule has 0 unspecified atom stereocenters. The zero-order valence-electron chi connectivity index (χ0n) is 5.78. The first-order valence-corrected chi connectivity index (χ1v) is 3.08. The van der Waals surface area contributed by atoms with Gasteiger partial charge in [0.1, 0.15) is 0 Å². The summed E-state index contributed by atoms with van der Waals surface area (Å²) in [6, 6.07) is 9.53. The van der Waals surface area contributed by atoms with Crippen LogP contribution in [-0.4, -0.2) is 40.5 Å². The Kier molecular flexibility index (Phi) is 5.20. The van der Waals surface area contributed by atoms with Crippen molar-refractivity contribution in [2.45, 2.75) is 6.92 Å². The number of hydrogen-bond acceptors (Lipinski definition) is 2. The molecule has 0 heterocycles. The van der Waals surface area contributed by atoms with Gasteiger partial charge in [-0.3, -0.25) is 0 Å². The van der Waals surface area contributed by atoms with Gasteiger partial charge in [-0.15, -0.1) is 0 Å². The summed E-state index contributed by atoms with van der Waals surface area (Å²) in [4.78, 5) is 0. The van der Waals surface area contributed by atoms with Crippen LogP contribution >= 0.6 is 0 Å². The van der Waals surface area contributed by atoms with Gasteiger partial charge >= 0.3 is 29.6 Å². The summed E-state index contributed by atoms with van der Waals surface area (Å²) >= 11 is 0. The van der Waals surface area contributed by atoms with Gasteiger partial charge in [0.15, 0.2) is 0 Å². The molecule has 0 atom stereocenters. The molecule has 0 amide bonds. The normalized spacial score (nSPS) is 10.5. The van der Waals surface area contributed by atoms with Crippen molar-refractivity contribution in [3.8, 4) is 0 Å². The molecule has 0 radical (unpaired) electrons. The average molecular weight is 159 g/mol. The number of rotatable bonds is 1. The number of nitrogens with zero attached hydrogens (tertiary/aromatic N) is 1. The molecular weight excluding hydrogens is 149 g/mol. The molecule has 1 aromatic rings. The van der Waals surface area contributed by atoms with Gasteiger partial charge < -0.3 is 5.21 Å². The summed E-state index contributed by atoms with van der Waals surface area (Å²) in [5.41, 5.74) is 1.59. The SMILES string of the molecule is CC(=NO)c1ccccc1.[NaH]. The molecule has 0 bridgehead atoms. The van der Waals surface area contributed by atoms with E-state index in [1.807, 2.05) is 30.3 Å². The van der Waals surface area contributed by atoms with E-state index in [0.717, 1.165) is 5.56 Å². The molecule has 11 heavy (non-hydrogen) atoms. The van der Waals surface area contributed by atoms with Crippen LogP contribution in [0.15, 0.2) is 35.5 Å². The quantitative estimate of drug-likeness (QED) is 0.284. The zero-order chi connectivity index (χ0) is 7.40. The van der Waals surface area contributed by atoms with Gasteiger partial charge in [0.05, 0.1) is 5.71 Å². The molecule has 0 aliphatic rings. The van der Waals surface area contributed by atoms with Gasteiger partial charge in [-0.1, -0.05) is 35.5 Å². The first-order chi connectivity index (χ1) is 4.84. The number of hydrogen-bond donors (Lipinski definition) is 1. The maximum atomic E-state index is 8.38. The van der Waals surface area contributed by atoms with Crippen LogP contribution in [0.5, 0.6) is 0 Å². The third-order valence-electron chi connectivity index (χ3n) is 1.34. The van der Waals surface area contributed by atoms with Crippen molar-refractivity contribution in [2.75, 3.05) is 0 Å². The fourth-order valence-corrected chi connectivity index (χ4v) is 0.737. The molecule has 0 aromatic heterocycles. The van der Waals surface area contributed by atoms with Gasteiger partial charge in [-0.2, -0.15) is 0 Å². The van der Waals surface area contributed by atoms with Crippen LogP contribution in [0.25, 0.3) is 0 Å². The molecule has 54 valence electrons. The van der Waals surface area contributed by atoms with Crippen molar-refractivity contribution in [2.24, 2.45) is 5.16 Å². The Labute approximate surface area is 88.2 Å². The fraction of sp³-hybridized carbons (Fsp3) is 0.125. The Morgan fingerprint density at radius 2 is 1.82 bits per heavy atom. The molecule has 1 rings (SSSR count). The molecule has 1 N–H and O–H groups in total. The van der Waals surface area contributed by atoms with E-state index in [0.29, 0.717) is 5.71 Å². The molecule has 0 fully saturated rings. The molecule has 0 spiro atoms. The monoisotopic (exact) mass is 159 g/mol. The first kappa shape index (κ1) is 10.7. The van der Waals surface area contributed by atoms with E-state index in [4.69, 9.17) is 5.21 Å². The number of benzene rings is 1. The van der Waals surface area contributed by atoms with Crippen molar-refractivity contribution < 1.29 is 5.21 Å².